The summed E-state index contributed by atoms with van der Waals surface area (Å²) >= 11 is 0. The van der Waals surface area contributed by atoms with Crippen molar-refractivity contribution in [3.8, 4) is 0 Å². The summed E-state index contributed by atoms with van der Waals surface area (Å²) in [6, 6.07) is 12.0. The van der Waals surface area contributed by atoms with Crippen molar-refractivity contribution in [2.45, 2.75) is 39.7 Å². The highest BCUT2D eigenvalue weighted by molar-refractivity contribution is 6.08. The van der Waals surface area contributed by atoms with E-state index in [1.165, 1.54) is 0 Å². The summed E-state index contributed by atoms with van der Waals surface area (Å²) in [5.41, 5.74) is 1.30. The monoisotopic (exact) mass is 366 g/mol. The van der Waals surface area contributed by atoms with Crippen molar-refractivity contribution >= 4 is 33.6 Å². The molecular weight excluding hydrogens is 340 g/mol. The van der Waals surface area contributed by atoms with Gasteiger partial charge in [-0.2, -0.15) is 0 Å². The van der Waals surface area contributed by atoms with Crippen molar-refractivity contribution in [1.29, 1.82) is 0 Å². The van der Waals surface area contributed by atoms with E-state index < -0.39 is 0 Å². The van der Waals surface area contributed by atoms with Gasteiger partial charge in [-0.1, -0.05) is 30.3 Å². The van der Waals surface area contributed by atoms with Gasteiger partial charge in [0.25, 0.3) is 0 Å². The Morgan fingerprint density at radius 3 is 2.56 bits per heavy atom. The summed E-state index contributed by atoms with van der Waals surface area (Å²) in [4.78, 5) is 26.6. The van der Waals surface area contributed by atoms with Crippen molar-refractivity contribution in [2.75, 3.05) is 13.1 Å². The molecule has 1 heterocycles. The van der Waals surface area contributed by atoms with Crippen molar-refractivity contribution < 1.29 is 14.0 Å². The van der Waals surface area contributed by atoms with Gasteiger partial charge in [-0.25, -0.2) is 0 Å². The van der Waals surface area contributed by atoms with E-state index in [0.717, 1.165) is 27.3 Å². The van der Waals surface area contributed by atoms with E-state index in [-0.39, 0.29) is 30.3 Å². The number of carbonyl (C=O) groups is 2. The SMILES string of the molecule is CCN(CC(=O)NC(C)(C)C)C(=O)Cc1coc2ccc3ccccc3c12. The minimum absolute atomic E-state index is 0.0587. The lowest BCUT2D eigenvalue weighted by atomic mass is 10.0. The van der Waals surface area contributed by atoms with Crippen molar-refractivity contribution in [1.82, 2.24) is 10.2 Å². The van der Waals surface area contributed by atoms with Crippen LogP contribution in [0.2, 0.25) is 0 Å². The third kappa shape index (κ3) is 4.30. The summed E-state index contributed by atoms with van der Waals surface area (Å²) in [5, 5.41) is 6.05. The maximum atomic E-state index is 12.8. The number of nitrogens with one attached hydrogen (secondary N) is 1. The van der Waals surface area contributed by atoms with Gasteiger partial charge in [0.15, 0.2) is 0 Å². The molecule has 3 rings (SSSR count). The molecule has 0 aliphatic carbocycles. The van der Waals surface area contributed by atoms with Crippen LogP contribution in [0.15, 0.2) is 47.1 Å². The predicted molar refractivity (Wildman–Crippen MR) is 108 cm³/mol. The second-order valence-corrected chi connectivity index (χ2v) is 7.80. The smallest absolute Gasteiger partial charge is 0.240 e. The van der Waals surface area contributed by atoms with Crippen LogP contribution in [0.3, 0.4) is 0 Å². The zero-order valence-corrected chi connectivity index (χ0v) is 16.3. The molecule has 0 atom stereocenters. The highest BCUT2D eigenvalue weighted by Gasteiger charge is 2.21. The standard InChI is InChI=1S/C22H26N2O3/c1-5-24(13-19(25)23-22(2,3)4)20(26)12-16-14-27-18-11-10-15-8-6-7-9-17(15)21(16)18/h6-11,14H,5,12-13H2,1-4H3,(H,23,25). The van der Waals surface area contributed by atoms with Crippen molar-refractivity contribution in [2.24, 2.45) is 0 Å². The molecule has 142 valence electrons. The largest absolute Gasteiger partial charge is 0.464 e. The number of nitrogens with zero attached hydrogens (tertiary/aromatic N) is 1. The summed E-state index contributed by atoms with van der Waals surface area (Å²) in [6.07, 6.45) is 1.86. The highest BCUT2D eigenvalue weighted by atomic mass is 16.3. The summed E-state index contributed by atoms with van der Waals surface area (Å²) in [6.45, 7) is 8.18. The molecule has 0 saturated heterocycles. The number of amides is 2. The molecule has 5 heteroatoms. The second kappa shape index (κ2) is 7.43. The Morgan fingerprint density at radius 2 is 1.85 bits per heavy atom. The molecule has 0 bridgehead atoms. The maximum Gasteiger partial charge on any atom is 0.240 e. The lowest BCUT2D eigenvalue weighted by Gasteiger charge is -2.25. The average molecular weight is 366 g/mol. The molecule has 2 amide bonds. The minimum Gasteiger partial charge on any atom is -0.464 e. The number of rotatable bonds is 5. The highest BCUT2D eigenvalue weighted by Crippen LogP contribution is 2.30. The van der Waals surface area contributed by atoms with Gasteiger partial charge in [-0.05, 0) is 44.5 Å². The van der Waals surface area contributed by atoms with Crippen LogP contribution in [0.4, 0.5) is 0 Å². The van der Waals surface area contributed by atoms with Gasteiger partial charge in [0.1, 0.15) is 5.58 Å². The molecular formula is C22H26N2O3. The molecule has 0 radical (unpaired) electrons. The molecule has 5 nitrogen and oxygen atoms in total. The average Bonchev–Trinajstić information content (AvgIpc) is 3.01. The Balaban J connectivity index is 1.82. The topological polar surface area (TPSA) is 62.6 Å². The van der Waals surface area contributed by atoms with Gasteiger partial charge in [0.05, 0.1) is 19.2 Å². The Morgan fingerprint density at radius 1 is 1.11 bits per heavy atom. The molecule has 2 aromatic carbocycles. The fraction of sp³-hybridized carbons (Fsp3) is 0.364. The molecule has 3 aromatic rings. The van der Waals surface area contributed by atoms with E-state index >= 15 is 0 Å². The first-order valence-corrected chi connectivity index (χ1v) is 9.25. The Hall–Kier alpha value is -2.82. The first kappa shape index (κ1) is 19.0. The molecule has 0 aliphatic heterocycles. The molecule has 27 heavy (non-hydrogen) atoms. The number of fused-ring (bicyclic) bond motifs is 3. The normalized spacial score (nSPS) is 11.7. The third-order valence-corrected chi connectivity index (χ3v) is 4.47. The van der Waals surface area contributed by atoms with Crippen molar-refractivity contribution in [3.05, 3.63) is 48.2 Å². The van der Waals surface area contributed by atoms with Crippen LogP contribution in [-0.2, 0) is 16.0 Å². The summed E-state index contributed by atoms with van der Waals surface area (Å²) in [7, 11) is 0. The fourth-order valence-corrected chi connectivity index (χ4v) is 3.29. The van der Waals surface area contributed by atoms with Gasteiger partial charge in [0.2, 0.25) is 11.8 Å². The number of hydrogen-bond donors (Lipinski definition) is 1. The number of likely N-dealkylation sites (N-methyl/N-ethyl adjacent to an activating group) is 1. The molecule has 0 unspecified atom stereocenters. The van der Waals surface area contributed by atoms with Gasteiger partial charge in [0, 0.05) is 23.0 Å². The molecule has 1 N–H and O–H groups in total. The van der Waals surface area contributed by atoms with Gasteiger partial charge in [-0.15, -0.1) is 0 Å². The van der Waals surface area contributed by atoms with Crippen LogP contribution >= 0.6 is 0 Å². The Bertz CT molecular complexity index is 982. The predicted octanol–water partition coefficient (Wildman–Crippen LogP) is 3.89. The minimum atomic E-state index is -0.320. The Kier molecular flexibility index (Phi) is 5.22. The lowest BCUT2D eigenvalue weighted by Crippen LogP contribution is -2.47. The number of hydrogen-bond acceptors (Lipinski definition) is 3. The van der Waals surface area contributed by atoms with E-state index in [9.17, 15) is 9.59 Å². The quantitative estimate of drug-likeness (QED) is 0.745. The van der Waals surface area contributed by atoms with Gasteiger partial charge in [-0.3, -0.25) is 9.59 Å². The zero-order valence-electron chi connectivity index (χ0n) is 16.3. The maximum absolute atomic E-state index is 12.8. The lowest BCUT2D eigenvalue weighted by molar-refractivity contribution is -0.135. The van der Waals surface area contributed by atoms with Crippen LogP contribution < -0.4 is 5.32 Å². The third-order valence-electron chi connectivity index (χ3n) is 4.47. The number of carbonyl (C=O) groups excluding carboxylic acids is 2. The van der Waals surface area contributed by atoms with Crippen molar-refractivity contribution in [3.63, 3.8) is 0 Å². The van der Waals surface area contributed by atoms with Crippen LogP contribution in [0, 0.1) is 0 Å². The first-order chi connectivity index (χ1) is 12.8. The van der Waals surface area contributed by atoms with E-state index in [1.807, 2.05) is 64.1 Å². The second-order valence-electron chi connectivity index (χ2n) is 7.80. The Labute approximate surface area is 159 Å². The molecule has 1 aromatic heterocycles. The van der Waals surface area contributed by atoms with E-state index in [0.29, 0.717) is 6.54 Å². The number of benzene rings is 2. The van der Waals surface area contributed by atoms with Gasteiger partial charge < -0.3 is 14.6 Å². The summed E-state index contributed by atoms with van der Waals surface area (Å²) < 4.78 is 5.67. The van der Waals surface area contributed by atoms with Crippen LogP contribution in [0.5, 0.6) is 0 Å². The molecule has 0 spiro atoms. The van der Waals surface area contributed by atoms with Crippen LogP contribution in [0.1, 0.15) is 33.3 Å². The van der Waals surface area contributed by atoms with E-state index in [4.69, 9.17) is 4.42 Å². The fourth-order valence-electron chi connectivity index (χ4n) is 3.29. The first-order valence-electron chi connectivity index (χ1n) is 9.25. The molecule has 0 aliphatic rings. The van der Waals surface area contributed by atoms with Crippen LogP contribution in [-0.4, -0.2) is 35.3 Å². The van der Waals surface area contributed by atoms with Gasteiger partial charge >= 0.3 is 0 Å². The zero-order chi connectivity index (χ0) is 19.6. The molecule has 0 fully saturated rings. The van der Waals surface area contributed by atoms with Crippen LogP contribution in [0.25, 0.3) is 21.7 Å². The molecule has 0 saturated carbocycles. The summed E-state index contributed by atoms with van der Waals surface area (Å²) in [5.74, 6) is -0.239. The van der Waals surface area contributed by atoms with E-state index in [1.54, 1.807) is 11.2 Å². The number of furan rings is 1. The van der Waals surface area contributed by atoms with E-state index in [2.05, 4.69) is 5.32 Å².